The lowest BCUT2D eigenvalue weighted by Crippen LogP contribution is -2.25. The van der Waals surface area contributed by atoms with Gasteiger partial charge in [-0.25, -0.2) is 4.39 Å². The first kappa shape index (κ1) is 15.0. The fraction of sp³-hybridized carbons (Fsp3) is 0.105. The quantitative estimate of drug-likeness (QED) is 0.718. The second kappa shape index (κ2) is 6.92. The molecule has 116 valence electrons. The number of carbonyl (C=O) groups is 1. The summed E-state index contributed by atoms with van der Waals surface area (Å²) < 4.78 is 15.5. The van der Waals surface area contributed by atoms with Gasteiger partial charge in [-0.15, -0.1) is 0 Å². The van der Waals surface area contributed by atoms with Crippen LogP contribution in [0.2, 0.25) is 0 Å². The maximum absolute atomic E-state index is 13.4. The van der Waals surface area contributed by atoms with E-state index in [2.05, 4.69) is 28.1 Å². The lowest BCUT2D eigenvalue weighted by molar-refractivity contribution is -0.116. The molecule has 0 aliphatic heterocycles. The molecule has 3 aromatic rings. The number of rotatable bonds is 5. The normalized spacial score (nSPS) is 11.2. The predicted molar refractivity (Wildman–Crippen MR) is 90.4 cm³/mol. The minimum absolute atomic E-state index is 0.232. The molecule has 23 heavy (non-hydrogen) atoms. The van der Waals surface area contributed by atoms with Crippen molar-refractivity contribution in [3.05, 3.63) is 78.3 Å². The molecule has 1 N–H and O–H groups in total. The Morgan fingerprint density at radius 3 is 2.74 bits per heavy atom. The van der Waals surface area contributed by atoms with E-state index in [0.717, 1.165) is 5.52 Å². The molecule has 1 aromatic heterocycles. The SMILES string of the molecule is O=C(C=Cc1ccccc1F)NCCn1ccc2ccccc21. The summed E-state index contributed by atoms with van der Waals surface area (Å²) in [6.07, 6.45) is 4.84. The molecule has 0 saturated carbocycles. The standard InChI is InChI=1S/C19H17FN2O/c20-17-7-3-1-5-15(17)9-10-19(23)21-12-14-22-13-11-16-6-2-4-8-18(16)22/h1-11,13H,12,14H2,(H,21,23). The summed E-state index contributed by atoms with van der Waals surface area (Å²) >= 11 is 0. The first-order valence-corrected chi connectivity index (χ1v) is 7.48. The number of benzene rings is 2. The lowest BCUT2D eigenvalue weighted by atomic mass is 10.2. The van der Waals surface area contributed by atoms with Crippen LogP contribution in [0.5, 0.6) is 0 Å². The van der Waals surface area contributed by atoms with E-state index in [1.165, 1.54) is 23.6 Å². The Kier molecular flexibility index (Phi) is 4.52. The van der Waals surface area contributed by atoms with Crippen molar-refractivity contribution in [2.24, 2.45) is 0 Å². The molecule has 0 aliphatic rings. The highest BCUT2D eigenvalue weighted by Gasteiger charge is 2.01. The molecule has 0 bridgehead atoms. The zero-order valence-corrected chi connectivity index (χ0v) is 12.6. The minimum Gasteiger partial charge on any atom is -0.351 e. The van der Waals surface area contributed by atoms with Gasteiger partial charge in [0.2, 0.25) is 5.91 Å². The van der Waals surface area contributed by atoms with Gasteiger partial charge >= 0.3 is 0 Å². The van der Waals surface area contributed by atoms with Gasteiger partial charge in [-0.1, -0.05) is 36.4 Å². The fourth-order valence-corrected chi connectivity index (χ4v) is 2.47. The summed E-state index contributed by atoms with van der Waals surface area (Å²) in [6, 6.07) is 16.5. The highest BCUT2D eigenvalue weighted by Crippen LogP contribution is 2.14. The highest BCUT2D eigenvalue weighted by molar-refractivity contribution is 5.91. The van der Waals surface area contributed by atoms with Crippen LogP contribution in [0.1, 0.15) is 5.56 Å². The molecule has 0 saturated heterocycles. The van der Waals surface area contributed by atoms with Crippen LogP contribution in [0, 0.1) is 5.82 Å². The second-order valence-electron chi connectivity index (χ2n) is 5.21. The van der Waals surface area contributed by atoms with Crippen LogP contribution in [0.3, 0.4) is 0 Å². The zero-order valence-electron chi connectivity index (χ0n) is 12.6. The third-order valence-electron chi connectivity index (χ3n) is 3.65. The van der Waals surface area contributed by atoms with Crippen molar-refractivity contribution in [1.82, 2.24) is 9.88 Å². The molecule has 1 amide bonds. The number of carbonyl (C=O) groups excluding carboxylic acids is 1. The summed E-state index contributed by atoms with van der Waals surface area (Å²) in [5, 5.41) is 3.99. The fourth-order valence-electron chi connectivity index (χ4n) is 2.47. The number of nitrogens with one attached hydrogen (secondary N) is 1. The third kappa shape index (κ3) is 3.66. The molecule has 1 heterocycles. The van der Waals surface area contributed by atoms with Gasteiger partial charge < -0.3 is 9.88 Å². The first-order chi connectivity index (χ1) is 11.2. The minimum atomic E-state index is -0.338. The van der Waals surface area contributed by atoms with Crippen LogP contribution in [-0.2, 0) is 11.3 Å². The van der Waals surface area contributed by atoms with Crippen molar-refractivity contribution >= 4 is 22.9 Å². The number of nitrogens with zero attached hydrogens (tertiary/aromatic N) is 1. The second-order valence-corrected chi connectivity index (χ2v) is 5.21. The molecule has 0 spiro atoms. The average molecular weight is 308 g/mol. The Morgan fingerprint density at radius 2 is 1.87 bits per heavy atom. The van der Waals surface area contributed by atoms with E-state index in [0.29, 0.717) is 18.7 Å². The van der Waals surface area contributed by atoms with Crippen molar-refractivity contribution in [2.75, 3.05) is 6.54 Å². The van der Waals surface area contributed by atoms with Gasteiger partial charge in [0.25, 0.3) is 0 Å². The first-order valence-electron chi connectivity index (χ1n) is 7.48. The number of hydrogen-bond acceptors (Lipinski definition) is 1. The number of amides is 1. The summed E-state index contributed by atoms with van der Waals surface area (Å²) in [7, 11) is 0. The predicted octanol–water partition coefficient (Wildman–Crippen LogP) is 3.61. The number of para-hydroxylation sites is 1. The van der Waals surface area contributed by atoms with Crippen LogP contribution >= 0.6 is 0 Å². The Bertz CT molecular complexity index is 851. The van der Waals surface area contributed by atoms with Crippen molar-refractivity contribution in [3.8, 4) is 0 Å². The van der Waals surface area contributed by atoms with Gasteiger partial charge in [0.1, 0.15) is 5.82 Å². The topological polar surface area (TPSA) is 34.0 Å². The number of aromatic nitrogens is 1. The summed E-state index contributed by atoms with van der Waals surface area (Å²) in [5.74, 6) is -0.569. The number of fused-ring (bicyclic) bond motifs is 1. The van der Waals surface area contributed by atoms with Crippen molar-refractivity contribution in [2.45, 2.75) is 6.54 Å². The largest absolute Gasteiger partial charge is 0.351 e. The van der Waals surface area contributed by atoms with Gasteiger partial charge in [-0.3, -0.25) is 4.79 Å². The van der Waals surface area contributed by atoms with E-state index >= 15 is 0 Å². The van der Waals surface area contributed by atoms with Crippen LogP contribution < -0.4 is 5.32 Å². The molecule has 0 aliphatic carbocycles. The highest BCUT2D eigenvalue weighted by atomic mass is 19.1. The van der Waals surface area contributed by atoms with Crippen molar-refractivity contribution in [3.63, 3.8) is 0 Å². The van der Waals surface area contributed by atoms with Crippen molar-refractivity contribution in [1.29, 1.82) is 0 Å². The molecule has 4 heteroatoms. The van der Waals surface area contributed by atoms with Gasteiger partial charge in [-0.05, 0) is 29.7 Å². The Labute approximate surface area is 134 Å². The number of halogens is 1. The van der Waals surface area contributed by atoms with E-state index in [1.807, 2.05) is 18.3 Å². The summed E-state index contributed by atoms with van der Waals surface area (Å²) in [6.45, 7) is 1.20. The molecule has 3 nitrogen and oxygen atoms in total. The van der Waals surface area contributed by atoms with Crippen LogP contribution in [-0.4, -0.2) is 17.0 Å². The maximum atomic E-state index is 13.4. The monoisotopic (exact) mass is 308 g/mol. The van der Waals surface area contributed by atoms with Crippen LogP contribution in [0.4, 0.5) is 4.39 Å². The average Bonchev–Trinajstić information content (AvgIpc) is 2.98. The molecule has 0 atom stereocenters. The lowest BCUT2D eigenvalue weighted by Gasteiger charge is -2.06. The summed E-state index contributed by atoms with van der Waals surface area (Å²) in [4.78, 5) is 11.8. The Hall–Kier alpha value is -2.88. The van der Waals surface area contributed by atoms with Crippen molar-refractivity contribution < 1.29 is 9.18 Å². The molecular formula is C19H17FN2O. The maximum Gasteiger partial charge on any atom is 0.244 e. The van der Waals surface area contributed by atoms with Crippen LogP contribution in [0.15, 0.2) is 66.9 Å². The Morgan fingerprint density at radius 1 is 1.09 bits per heavy atom. The summed E-state index contributed by atoms with van der Waals surface area (Å²) in [5.41, 5.74) is 1.54. The Balaban J connectivity index is 1.54. The van der Waals surface area contributed by atoms with E-state index in [1.54, 1.807) is 18.2 Å². The van der Waals surface area contributed by atoms with E-state index < -0.39 is 0 Å². The van der Waals surface area contributed by atoms with Crippen LogP contribution in [0.25, 0.3) is 17.0 Å². The molecule has 0 unspecified atom stereocenters. The molecule has 0 fully saturated rings. The van der Waals surface area contributed by atoms with Gasteiger partial charge in [0, 0.05) is 36.4 Å². The van der Waals surface area contributed by atoms with E-state index in [-0.39, 0.29) is 11.7 Å². The van der Waals surface area contributed by atoms with Gasteiger partial charge in [-0.2, -0.15) is 0 Å². The smallest absolute Gasteiger partial charge is 0.244 e. The molecular weight excluding hydrogens is 291 g/mol. The van der Waals surface area contributed by atoms with Gasteiger partial charge in [0.05, 0.1) is 0 Å². The molecule has 0 radical (unpaired) electrons. The van der Waals surface area contributed by atoms with Gasteiger partial charge in [0.15, 0.2) is 0 Å². The van der Waals surface area contributed by atoms with E-state index in [4.69, 9.17) is 0 Å². The van der Waals surface area contributed by atoms with E-state index in [9.17, 15) is 9.18 Å². The zero-order chi connectivity index (χ0) is 16.1. The third-order valence-corrected chi connectivity index (χ3v) is 3.65. The molecule has 3 rings (SSSR count). The number of hydrogen-bond donors (Lipinski definition) is 1. The molecule has 2 aromatic carbocycles.